The third-order valence-corrected chi connectivity index (χ3v) is 5.42. The number of rotatable bonds is 7. The predicted molar refractivity (Wildman–Crippen MR) is 104 cm³/mol. The number of likely N-dealkylation sites (tertiary alicyclic amines) is 1. The van der Waals surface area contributed by atoms with Crippen molar-refractivity contribution in [3.8, 4) is 0 Å². The van der Waals surface area contributed by atoms with Gasteiger partial charge >= 0.3 is 0 Å². The first-order valence-electron chi connectivity index (χ1n) is 9.54. The SMILES string of the molecule is COCCC1(NC(=O)c2ccccc2)CCN(Cc2ccc(F)cc2F)CC1. The topological polar surface area (TPSA) is 41.6 Å². The highest BCUT2D eigenvalue weighted by Gasteiger charge is 2.36. The number of methoxy groups -OCH3 is 1. The Labute approximate surface area is 164 Å². The van der Waals surface area contributed by atoms with E-state index >= 15 is 0 Å². The van der Waals surface area contributed by atoms with Crippen LogP contribution in [0, 0.1) is 11.6 Å². The molecule has 0 spiro atoms. The summed E-state index contributed by atoms with van der Waals surface area (Å²) in [4.78, 5) is 14.8. The van der Waals surface area contributed by atoms with E-state index in [1.54, 1.807) is 19.2 Å². The molecule has 28 heavy (non-hydrogen) atoms. The highest BCUT2D eigenvalue weighted by atomic mass is 19.1. The van der Waals surface area contributed by atoms with Gasteiger partial charge in [0.25, 0.3) is 5.91 Å². The number of carbonyl (C=O) groups is 1. The molecule has 0 unspecified atom stereocenters. The van der Waals surface area contributed by atoms with E-state index in [1.807, 2.05) is 18.2 Å². The summed E-state index contributed by atoms with van der Waals surface area (Å²) in [5.41, 5.74) is 0.773. The quantitative estimate of drug-likeness (QED) is 0.785. The molecule has 3 rings (SSSR count). The zero-order chi connectivity index (χ0) is 20.0. The summed E-state index contributed by atoms with van der Waals surface area (Å²) in [7, 11) is 1.65. The molecule has 6 heteroatoms. The number of hydrogen-bond donors (Lipinski definition) is 1. The van der Waals surface area contributed by atoms with Gasteiger partial charge in [-0.1, -0.05) is 24.3 Å². The number of carbonyl (C=O) groups excluding carboxylic acids is 1. The van der Waals surface area contributed by atoms with Gasteiger partial charge in [-0.05, 0) is 37.5 Å². The summed E-state index contributed by atoms with van der Waals surface area (Å²) in [6.45, 7) is 2.42. The molecule has 1 fully saturated rings. The molecular weight excluding hydrogens is 362 g/mol. The van der Waals surface area contributed by atoms with E-state index in [9.17, 15) is 13.6 Å². The summed E-state index contributed by atoms with van der Waals surface area (Å²) in [5.74, 6) is -1.18. The Kier molecular flexibility index (Phi) is 6.75. The minimum atomic E-state index is -0.567. The third kappa shape index (κ3) is 5.14. The van der Waals surface area contributed by atoms with Gasteiger partial charge in [0.2, 0.25) is 0 Å². The summed E-state index contributed by atoms with van der Waals surface area (Å²) in [6.07, 6.45) is 2.22. The maximum absolute atomic E-state index is 13.9. The van der Waals surface area contributed by atoms with E-state index in [0.717, 1.165) is 38.4 Å². The molecule has 1 aliphatic rings. The van der Waals surface area contributed by atoms with E-state index < -0.39 is 11.6 Å². The second kappa shape index (κ2) is 9.26. The molecule has 0 radical (unpaired) electrons. The van der Waals surface area contributed by atoms with Crippen molar-refractivity contribution in [2.24, 2.45) is 0 Å². The first-order chi connectivity index (χ1) is 13.5. The van der Waals surface area contributed by atoms with Gasteiger partial charge in [0, 0.05) is 56.1 Å². The third-order valence-electron chi connectivity index (χ3n) is 5.42. The van der Waals surface area contributed by atoms with Gasteiger partial charge < -0.3 is 10.1 Å². The minimum absolute atomic E-state index is 0.0882. The maximum atomic E-state index is 13.9. The van der Waals surface area contributed by atoms with Crippen molar-refractivity contribution >= 4 is 5.91 Å². The van der Waals surface area contributed by atoms with Gasteiger partial charge in [-0.2, -0.15) is 0 Å². The first kappa shape index (κ1) is 20.4. The van der Waals surface area contributed by atoms with Crippen LogP contribution in [0.25, 0.3) is 0 Å². The van der Waals surface area contributed by atoms with Gasteiger partial charge in [0.1, 0.15) is 11.6 Å². The van der Waals surface area contributed by atoms with Crippen molar-refractivity contribution < 1.29 is 18.3 Å². The number of ether oxygens (including phenoxy) is 1. The number of benzene rings is 2. The Morgan fingerprint density at radius 2 is 1.86 bits per heavy atom. The van der Waals surface area contributed by atoms with Crippen LogP contribution >= 0.6 is 0 Å². The van der Waals surface area contributed by atoms with Crippen LogP contribution < -0.4 is 5.32 Å². The van der Waals surface area contributed by atoms with Crippen LogP contribution in [0.4, 0.5) is 8.78 Å². The molecule has 0 aromatic heterocycles. The lowest BCUT2D eigenvalue weighted by atomic mass is 9.84. The number of hydrogen-bond acceptors (Lipinski definition) is 3. The number of nitrogens with one attached hydrogen (secondary N) is 1. The molecule has 2 aromatic carbocycles. The summed E-state index contributed by atoms with van der Waals surface area (Å²) in [5, 5.41) is 3.22. The average Bonchev–Trinajstić information content (AvgIpc) is 2.71. The molecule has 150 valence electrons. The Hall–Kier alpha value is -2.31. The highest BCUT2D eigenvalue weighted by molar-refractivity contribution is 5.94. The normalized spacial score (nSPS) is 16.7. The molecule has 0 saturated carbocycles. The standard InChI is InChI=1S/C22H26F2N2O2/c1-28-14-11-22(25-21(27)17-5-3-2-4-6-17)9-12-26(13-10-22)16-18-7-8-19(23)15-20(18)24/h2-8,15H,9-14,16H2,1H3,(H,25,27). The van der Waals surface area contributed by atoms with Crippen molar-refractivity contribution in [2.75, 3.05) is 26.8 Å². The van der Waals surface area contributed by atoms with E-state index in [0.29, 0.717) is 24.3 Å². The molecule has 0 aliphatic carbocycles. The Morgan fingerprint density at radius 1 is 1.14 bits per heavy atom. The monoisotopic (exact) mass is 388 g/mol. The number of halogens is 2. The second-order valence-electron chi connectivity index (χ2n) is 7.36. The van der Waals surface area contributed by atoms with E-state index in [4.69, 9.17) is 4.74 Å². The molecule has 1 amide bonds. The number of piperidine rings is 1. The molecule has 1 N–H and O–H groups in total. The molecule has 1 aliphatic heterocycles. The lowest BCUT2D eigenvalue weighted by molar-refractivity contribution is 0.0689. The van der Waals surface area contributed by atoms with Crippen LogP contribution in [0.3, 0.4) is 0 Å². The Balaban J connectivity index is 1.64. The predicted octanol–water partition coefficient (Wildman–Crippen LogP) is 3.77. The van der Waals surface area contributed by atoms with Crippen molar-refractivity contribution in [3.05, 3.63) is 71.3 Å². The lowest BCUT2D eigenvalue weighted by Gasteiger charge is -2.42. The zero-order valence-electron chi connectivity index (χ0n) is 16.1. The van der Waals surface area contributed by atoms with Crippen molar-refractivity contribution in [3.63, 3.8) is 0 Å². The molecule has 0 bridgehead atoms. The number of amides is 1. The van der Waals surface area contributed by atoms with Crippen molar-refractivity contribution in [2.45, 2.75) is 31.3 Å². The second-order valence-corrected chi connectivity index (χ2v) is 7.36. The van der Waals surface area contributed by atoms with Crippen molar-refractivity contribution in [1.82, 2.24) is 10.2 Å². The summed E-state index contributed by atoms with van der Waals surface area (Å²) >= 11 is 0. The van der Waals surface area contributed by atoms with Gasteiger partial charge in [-0.3, -0.25) is 9.69 Å². The van der Waals surface area contributed by atoms with Crippen LogP contribution in [0.15, 0.2) is 48.5 Å². The first-order valence-corrected chi connectivity index (χ1v) is 9.54. The van der Waals surface area contributed by atoms with Crippen LogP contribution in [0.1, 0.15) is 35.2 Å². The summed E-state index contributed by atoms with van der Waals surface area (Å²) in [6, 6.07) is 12.9. The van der Waals surface area contributed by atoms with Crippen LogP contribution in [-0.2, 0) is 11.3 Å². The van der Waals surface area contributed by atoms with Crippen molar-refractivity contribution in [1.29, 1.82) is 0 Å². The number of nitrogens with zero attached hydrogens (tertiary/aromatic N) is 1. The Morgan fingerprint density at radius 3 is 2.50 bits per heavy atom. The molecule has 1 saturated heterocycles. The largest absolute Gasteiger partial charge is 0.385 e. The fourth-order valence-electron chi connectivity index (χ4n) is 3.67. The summed E-state index contributed by atoms with van der Waals surface area (Å²) < 4.78 is 32.3. The lowest BCUT2D eigenvalue weighted by Crippen LogP contribution is -2.55. The van der Waals surface area contributed by atoms with Crippen LogP contribution in [0.2, 0.25) is 0 Å². The molecule has 0 atom stereocenters. The Bertz CT molecular complexity index is 790. The van der Waals surface area contributed by atoms with Gasteiger partial charge in [-0.15, -0.1) is 0 Å². The molecular formula is C22H26F2N2O2. The van der Waals surface area contributed by atoms with Gasteiger partial charge in [0.15, 0.2) is 0 Å². The van der Waals surface area contributed by atoms with E-state index in [1.165, 1.54) is 12.1 Å². The molecule has 2 aromatic rings. The maximum Gasteiger partial charge on any atom is 0.251 e. The van der Waals surface area contributed by atoms with Crippen LogP contribution in [-0.4, -0.2) is 43.2 Å². The van der Waals surface area contributed by atoms with Gasteiger partial charge in [-0.25, -0.2) is 8.78 Å². The average molecular weight is 388 g/mol. The molecule has 4 nitrogen and oxygen atoms in total. The molecule has 1 heterocycles. The van der Waals surface area contributed by atoms with Gasteiger partial charge in [0.05, 0.1) is 0 Å². The minimum Gasteiger partial charge on any atom is -0.385 e. The zero-order valence-corrected chi connectivity index (χ0v) is 16.1. The fraction of sp³-hybridized carbons (Fsp3) is 0.409. The van der Waals surface area contributed by atoms with E-state index in [2.05, 4.69) is 10.2 Å². The smallest absolute Gasteiger partial charge is 0.251 e. The fourth-order valence-corrected chi connectivity index (χ4v) is 3.67. The van der Waals surface area contributed by atoms with Crippen LogP contribution in [0.5, 0.6) is 0 Å². The highest BCUT2D eigenvalue weighted by Crippen LogP contribution is 2.28. The van der Waals surface area contributed by atoms with E-state index in [-0.39, 0.29) is 11.4 Å².